The van der Waals surface area contributed by atoms with Crippen LogP contribution in [0.2, 0.25) is 0 Å². The molecule has 1 heterocycles. The molecule has 1 aromatic heterocycles. The van der Waals surface area contributed by atoms with Crippen LogP contribution in [0.1, 0.15) is 80.5 Å². The molecule has 1 amide bonds. The van der Waals surface area contributed by atoms with Crippen molar-refractivity contribution in [3.63, 3.8) is 0 Å². The van der Waals surface area contributed by atoms with Gasteiger partial charge in [-0.15, -0.1) is 15.7 Å². The normalized spacial score (nSPS) is 16.8. The predicted octanol–water partition coefficient (Wildman–Crippen LogP) is 4.51. The summed E-state index contributed by atoms with van der Waals surface area (Å²) < 4.78 is 44.5. The van der Waals surface area contributed by atoms with Crippen LogP contribution in [0.25, 0.3) is 0 Å². The highest BCUT2D eigenvalue weighted by Gasteiger charge is 2.29. The zero-order chi connectivity index (χ0) is 23.1. The zero-order valence-electron chi connectivity index (χ0n) is 17.9. The second-order valence-corrected chi connectivity index (χ2v) is 11.7. The lowest BCUT2D eigenvalue weighted by Crippen LogP contribution is -2.19. The Morgan fingerprint density at radius 2 is 2.03 bits per heavy atom. The molecule has 1 aliphatic carbocycles. The van der Waals surface area contributed by atoms with Crippen LogP contribution in [0.15, 0.2) is 20.7 Å². The van der Waals surface area contributed by atoms with Crippen molar-refractivity contribution in [2.45, 2.75) is 75.0 Å². The number of halogens is 2. The minimum atomic E-state index is -3.89. The summed E-state index contributed by atoms with van der Waals surface area (Å²) in [6.45, 7) is 6.61. The fourth-order valence-corrected chi connectivity index (χ4v) is 5.83. The molecule has 10 heteroatoms. The lowest BCUT2D eigenvalue weighted by Gasteiger charge is -2.29. The number of aromatic nitrogens is 1. The Morgan fingerprint density at radius 1 is 1.39 bits per heavy atom. The summed E-state index contributed by atoms with van der Waals surface area (Å²) in [5.74, 6) is -2.11. The van der Waals surface area contributed by atoms with Gasteiger partial charge in [0, 0.05) is 0 Å². The number of rotatable bonds is 6. The quantitative estimate of drug-likeness (QED) is 0.646. The van der Waals surface area contributed by atoms with Gasteiger partial charge in [0.05, 0.1) is 6.42 Å². The van der Waals surface area contributed by atoms with Crippen LogP contribution < -0.4 is 5.14 Å². The first kappa shape index (κ1) is 23.9. The third kappa shape index (κ3) is 5.19. The molecule has 1 unspecified atom stereocenters. The Hall–Kier alpha value is -1.75. The van der Waals surface area contributed by atoms with E-state index >= 15 is 0 Å². The lowest BCUT2D eigenvalue weighted by molar-refractivity contribution is -0.117. The van der Waals surface area contributed by atoms with Gasteiger partial charge in [0.15, 0.2) is 14.1 Å². The molecule has 0 aliphatic heterocycles. The molecule has 3 N–H and O–H groups in total. The predicted molar refractivity (Wildman–Crippen MR) is 116 cm³/mol. The van der Waals surface area contributed by atoms with Crippen LogP contribution >= 0.6 is 11.3 Å². The third-order valence-electron chi connectivity index (χ3n) is 5.36. The van der Waals surface area contributed by atoms with Crippen LogP contribution in [0.3, 0.4) is 0 Å². The summed E-state index contributed by atoms with van der Waals surface area (Å²) in [6, 6.07) is 2.87. The SMILES string of the molecule is CC(C)c1cc(F)cc(C2CCC2)c1CC(=O)N=S(N)(=O)c1sc(C(C)(C)O)nc1F. The number of thiazole rings is 1. The summed E-state index contributed by atoms with van der Waals surface area (Å²) in [6.07, 6.45) is 2.67. The number of hydrogen-bond acceptors (Lipinski definition) is 5. The smallest absolute Gasteiger partial charge is 0.259 e. The minimum Gasteiger partial charge on any atom is -0.383 e. The largest absolute Gasteiger partial charge is 0.383 e. The monoisotopic (exact) mass is 471 g/mol. The van der Waals surface area contributed by atoms with Gasteiger partial charge in [-0.3, -0.25) is 4.79 Å². The Balaban J connectivity index is 1.99. The number of aliphatic hydroxyl groups is 1. The van der Waals surface area contributed by atoms with Crippen LogP contribution in [0, 0.1) is 11.8 Å². The zero-order valence-corrected chi connectivity index (χ0v) is 19.6. The van der Waals surface area contributed by atoms with E-state index in [1.54, 1.807) is 0 Å². The van der Waals surface area contributed by atoms with E-state index in [0.29, 0.717) is 22.5 Å². The van der Waals surface area contributed by atoms with E-state index in [1.165, 1.54) is 26.0 Å². The van der Waals surface area contributed by atoms with Crippen LogP contribution in [0.4, 0.5) is 8.78 Å². The van der Waals surface area contributed by atoms with Crippen molar-refractivity contribution in [2.24, 2.45) is 9.50 Å². The van der Waals surface area contributed by atoms with Gasteiger partial charge in [-0.25, -0.2) is 18.7 Å². The number of nitrogens with two attached hydrogens (primary N) is 1. The fourth-order valence-electron chi connectivity index (χ4n) is 3.59. The Kier molecular flexibility index (Phi) is 6.67. The van der Waals surface area contributed by atoms with E-state index in [0.717, 1.165) is 24.8 Å². The van der Waals surface area contributed by atoms with Crippen LogP contribution in [-0.4, -0.2) is 20.2 Å². The first-order valence-electron chi connectivity index (χ1n) is 10.1. The number of hydrogen-bond donors (Lipinski definition) is 2. The molecule has 0 saturated heterocycles. The molecule has 170 valence electrons. The minimum absolute atomic E-state index is 0.0197. The van der Waals surface area contributed by atoms with Crippen molar-refractivity contribution in [3.8, 4) is 0 Å². The Morgan fingerprint density at radius 3 is 2.52 bits per heavy atom. The lowest BCUT2D eigenvalue weighted by atomic mass is 9.75. The molecule has 1 aliphatic rings. The highest BCUT2D eigenvalue weighted by atomic mass is 32.2. The van der Waals surface area contributed by atoms with E-state index in [4.69, 9.17) is 5.14 Å². The molecule has 2 aromatic rings. The summed E-state index contributed by atoms with van der Waals surface area (Å²) in [5, 5.41) is 15.7. The number of carbonyl (C=O) groups is 1. The maximum absolute atomic E-state index is 14.3. The Bertz CT molecular complexity index is 1130. The molecule has 3 rings (SSSR count). The second-order valence-electron chi connectivity index (χ2n) is 8.73. The second kappa shape index (κ2) is 8.65. The van der Waals surface area contributed by atoms with Crippen molar-refractivity contribution >= 4 is 27.2 Å². The van der Waals surface area contributed by atoms with Gasteiger partial charge in [0.2, 0.25) is 5.95 Å². The first-order valence-corrected chi connectivity index (χ1v) is 12.5. The van der Waals surface area contributed by atoms with Crippen LogP contribution in [-0.2, 0) is 26.7 Å². The summed E-state index contributed by atoms with van der Waals surface area (Å²) >= 11 is 0.620. The van der Waals surface area contributed by atoms with E-state index in [9.17, 15) is 22.9 Å². The number of benzene rings is 1. The van der Waals surface area contributed by atoms with Crippen LogP contribution in [0.5, 0.6) is 0 Å². The molecular formula is C21H27F2N3O3S2. The maximum Gasteiger partial charge on any atom is 0.259 e. The molecule has 1 saturated carbocycles. The average Bonchev–Trinajstić information content (AvgIpc) is 2.97. The topological polar surface area (TPSA) is 106 Å². The van der Waals surface area contributed by atoms with E-state index < -0.39 is 31.6 Å². The number of amides is 1. The van der Waals surface area contributed by atoms with Crippen molar-refractivity contribution in [1.82, 2.24) is 4.98 Å². The third-order valence-corrected chi connectivity index (χ3v) is 8.64. The van der Waals surface area contributed by atoms with Crippen molar-refractivity contribution < 1.29 is 22.9 Å². The standard InChI is InChI=1S/C21H27F2N3O3S2/c1-11(2)14-8-13(22)9-15(12-6-5-7-12)16(14)10-17(27)26-31(24,29)19-18(23)25-20(30-19)21(3,4)28/h8-9,11-12,28H,5-7,10H2,1-4H3,(H2,24,26,27,29). The molecule has 1 fully saturated rings. The Labute approximate surface area is 185 Å². The summed E-state index contributed by atoms with van der Waals surface area (Å²) in [5.41, 5.74) is 0.686. The first-order chi connectivity index (χ1) is 14.3. The van der Waals surface area contributed by atoms with Gasteiger partial charge in [-0.05, 0) is 67.3 Å². The summed E-state index contributed by atoms with van der Waals surface area (Å²) in [4.78, 5) is 16.3. The van der Waals surface area contributed by atoms with E-state index in [2.05, 4.69) is 9.35 Å². The number of carbonyl (C=O) groups excluding carboxylic acids is 1. The van der Waals surface area contributed by atoms with Gasteiger partial charge in [0.25, 0.3) is 5.91 Å². The average molecular weight is 472 g/mol. The van der Waals surface area contributed by atoms with Crippen molar-refractivity contribution in [2.75, 3.05) is 0 Å². The maximum atomic E-state index is 14.3. The number of nitrogens with zero attached hydrogens (tertiary/aromatic N) is 2. The molecular weight excluding hydrogens is 444 g/mol. The van der Waals surface area contributed by atoms with Gasteiger partial charge < -0.3 is 5.11 Å². The highest BCUT2D eigenvalue weighted by Crippen LogP contribution is 2.41. The molecule has 0 bridgehead atoms. The highest BCUT2D eigenvalue weighted by molar-refractivity contribution is 7.93. The molecule has 31 heavy (non-hydrogen) atoms. The van der Waals surface area contributed by atoms with Crippen molar-refractivity contribution in [1.29, 1.82) is 0 Å². The van der Waals surface area contributed by atoms with Gasteiger partial charge in [0.1, 0.15) is 16.4 Å². The van der Waals surface area contributed by atoms with E-state index in [-0.39, 0.29) is 29.1 Å². The van der Waals surface area contributed by atoms with E-state index in [1.807, 2.05) is 13.8 Å². The molecule has 6 nitrogen and oxygen atoms in total. The fraction of sp³-hybridized carbons (Fsp3) is 0.524. The van der Waals surface area contributed by atoms with Gasteiger partial charge in [-0.2, -0.15) is 4.39 Å². The van der Waals surface area contributed by atoms with Crippen molar-refractivity contribution in [3.05, 3.63) is 45.6 Å². The van der Waals surface area contributed by atoms with Gasteiger partial charge >= 0.3 is 0 Å². The molecule has 1 atom stereocenters. The summed E-state index contributed by atoms with van der Waals surface area (Å²) in [7, 11) is -3.89. The van der Waals surface area contributed by atoms with Gasteiger partial charge in [-0.1, -0.05) is 20.3 Å². The molecule has 0 spiro atoms. The molecule has 0 radical (unpaired) electrons. The molecule has 1 aromatic carbocycles.